The number of aromatic amines is 1. The van der Waals surface area contributed by atoms with E-state index in [0.29, 0.717) is 19.4 Å². The van der Waals surface area contributed by atoms with Crippen LogP contribution in [0.1, 0.15) is 24.8 Å². The maximum atomic E-state index is 14.2. The SMILES string of the molecule is O=C1NCCCCC1=Nc1nc(-c2c[nH]c3ncc(C(F)(F)F)cc23)ncc1F. The highest BCUT2D eigenvalue weighted by Gasteiger charge is 2.31. The Bertz CT molecular complexity index is 1120. The Hall–Kier alpha value is -3.37. The fourth-order valence-electron chi connectivity index (χ4n) is 2.98. The first-order chi connectivity index (χ1) is 13.8. The van der Waals surface area contributed by atoms with E-state index in [0.717, 1.165) is 24.9 Å². The lowest BCUT2D eigenvalue weighted by Gasteiger charge is -2.06. The average molecular weight is 406 g/mol. The van der Waals surface area contributed by atoms with Crippen molar-refractivity contribution in [1.82, 2.24) is 25.3 Å². The van der Waals surface area contributed by atoms with Crippen molar-refractivity contribution < 1.29 is 22.4 Å². The van der Waals surface area contributed by atoms with Crippen LogP contribution in [-0.2, 0) is 11.0 Å². The van der Waals surface area contributed by atoms with E-state index in [1.54, 1.807) is 0 Å². The second kappa shape index (κ2) is 7.22. The van der Waals surface area contributed by atoms with E-state index in [-0.39, 0.29) is 34.0 Å². The van der Waals surface area contributed by atoms with E-state index in [1.807, 2.05) is 0 Å². The third-order valence-corrected chi connectivity index (χ3v) is 4.45. The van der Waals surface area contributed by atoms with Gasteiger partial charge in [0.25, 0.3) is 5.91 Å². The molecule has 0 aromatic carbocycles. The van der Waals surface area contributed by atoms with Crippen molar-refractivity contribution in [3.05, 3.63) is 36.0 Å². The van der Waals surface area contributed by atoms with Gasteiger partial charge in [-0.25, -0.2) is 24.3 Å². The van der Waals surface area contributed by atoms with Crippen LogP contribution in [0.3, 0.4) is 0 Å². The molecule has 0 atom stereocenters. The monoisotopic (exact) mass is 406 g/mol. The quantitative estimate of drug-likeness (QED) is 0.636. The van der Waals surface area contributed by atoms with E-state index in [1.165, 1.54) is 6.20 Å². The number of hydrogen-bond donors (Lipinski definition) is 2. The smallest absolute Gasteiger partial charge is 0.351 e. The van der Waals surface area contributed by atoms with Crippen LogP contribution in [0.5, 0.6) is 0 Å². The Kier molecular flexibility index (Phi) is 4.73. The van der Waals surface area contributed by atoms with E-state index < -0.39 is 23.5 Å². The molecular weight excluding hydrogens is 392 g/mol. The summed E-state index contributed by atoms with van der Waals surface area (Å²) in [6.07, 6.45) is 0.282. The number of nitrogens with one attached hydrogen (secondary N) is 2. The van der Waals surface area contributed by atoms with Crippen molar-refractivity contribution in [2.45, 2.75) is 25.4 Å². The minimum atomic E-state index is -4.57. The third-order valence-electron chi connectivity index (χ3n) is 4.45. The van der Waals surface area contributed by atoms with Gasteiger partial charge in [-0.1, -0.05) is 0 Å². The van der Waals surface area contributed by atoms with E-state index in [9.17, 15) is 22.4 Å². The summed E-state index contributed by atoms with van der Waals surface area (Å²) < 4.78 is 53.2. The summed E-state index contributed by atoms with van der Waals surface area (Å²) in [6, 6.07) is 0.922. The van der Waals surface area contributed by atoms with E-state index in [4.69, 9.17) is 0 Å². The van der Waals surface area contributed by atoms with Gasteiger partial charge in [-0.3, -0.25) is 4.79 Å². The lowest BCUT2D eigenvalue weighted by Crippen LogP contribution is -2.28. The molecule has 0 spiro atoms. The molecule has 4 heterocycles. The van der Waals surface area contributed by atoms with Crippen molar-refractivity contribution >= 4 is 28.5 Å². The Morgan fingerprint density at radius 2 is 1.97 bits per heavy atom. The van der Waals surface area contributed by atoms with Gasteiger partial charge in [-0.2, -0.15) is 13.2 Å². The standard InChI is InChI=1S/C18H14F4N6O/c19-12-8-26-15(28-16(12)27-13-3-1-2-4-23-17(13)29)11-7-25-14-10(11)5-9(6-24-14)18(20,21)22/h5-8H,1-4H2,(H,23,29)(H,24,25). The number of aromatic nitrogens is 4. The van der Waals surface area contributed by atoms with Crippen molar-refractivity contribution in [2.75, 3.05) is 6.54 Å². The topological polar surface area (TPSA) is 95.9 Å². The molecule has 2 N–H and O–H groups in total. The van der Waals surface area contributed by atoms with Gasteiger partial charge in [-0.05, 0) is 25.3 Å². The summed E-state index contributed by atoms with van der Waals surface area (Å²) in [4.78, 5) is 30.5. The number of H-pyrrole nitrogens is 1. The fourth-order valence-corrected chi connectivity index (χ4v) is 2.98. The number of rotatable bonds is 2. The predicted molar refractivity (Wildman–Crippen MR) is 96.0 cm³/mol. The zero-order valence-corrected chi connectivity index (χ0v) is 14.8. The molecule has 1 aliphatic rings. The van der Waals surface area contributed by atoms with Crippen LogP contribution in [0.2, 0.25) is 0 Å². The van der Waals surface area contributed by atoms with Gasteiger partial charge < -0.3 is 10.3 Å². The molecular formula is C18H14F4N6O. The molecule has 3 aromatic rings. The number of fused-ring (bicyclic) bond motifs is 1. The van der Waals surface area contributed by atoms with Gasteiger partial charge >= 0.3 is 6.18 Å². The Morgan fingerprint density at radius 3 is 2.76 bits per heavy atom. The zero-order valence-electron chi connectivity index (χ0n) is 14.8. The molecule has 29 heavy (non-hydrogen) atoms. The lowest BCUT2D eigenvalue weighted by molar-refractivity contribution is -0.137. The van der Waals surface area contributed by atoms with Crippen LogP contribution < -0.4 is 5.32 Å². The van der Waals surface area contributed by atoms with Crippen molar-refractivity contribution in [1.29, 1.82) is 0 Å². The minimum Gasteiger partial charge on any atom is -0.351 e. The van der Waals surface area contributed by atoms with Crippen LogP contribution in [-0.4, -0.2) is 38.1 Å². The van der Waals surface area contributed by atoms with Crippen LogP contribution in [0.4, 0.5) is 23.4 Å². The van der Waals surface area contributed by atoms with Crippen LogP contribution in [0.15, 0.2) is 29.6 Å². The number of carbonyl (C=O) groups excluding carboxylic acids is 1. The Balaban J connectivity index is 1.79. The highest BCUT2D eigenvalue weighted by Crippen LogP contribution is 2.33. The minimum absolute atomic E-state index is 0.0350. The predicted octanol–water partition coefficient (Wildman–Crippen LogP) is 3.55. The molecule has 0 bridgehead atoms. The van der Waals surface area contributed by atoms with Gasteiger partial charge in [-0.15, -0.1) is 0 Å². The number of amides is 1. The number of aliphatic imine (C=N–C) groups is 1. The molecule has 1 fully saturated rings. The average Bonchev–Trinajstić information content (AvgIpc) is 3.00. The fraction of sp³-hybridized carbons (Fsp3) is 0.278. The van der Waals surface area contributed by atoms with Crippen LogP contribution in [0, 0.1) is 5.82 Å². The molecule has 1 aliphatic heterocycles. The first-order valence-electron chi connectivity index (χ1n) is 8.76. The van der Waals surface area contributed by atoms with Gasteiger partial charge in [0.15, 0.2) is 17.5 Å². The zero-order chi connectivity index (χ0) is 20.6. The number of hydrogen-bond acceptors (Lipinski definition) is 5. The lowest BCUT2D eigenvalue weighted by atomic mass is 10.1. The van der Waals surface area contributed by atoms with Gasteiger partial charge in [0.1, 0.15) is 11.4 Å². The van der Waals surface area contributed by atoms with Crippen LogP contribution >= 0.6 is 0 Å². The molecule has 11 heteroatoms. The molecule has 1 saturated heterocycles. The summed E-state index contributed by atoms with van der Waals surface area (Å²) in [5.41, 5.74) is -0.364. The summed E-state index contributed by atoms with van der Waals surface area (Å²) in [6.45, 7) is 0.513. The van der Waals surface area contributed by atoms with Gasteiger partial charge in [0, 0.05) is 29.9 Å². The number of alkyl halides is 3. The third kappa shape index (κ3) is 3.80. The Morgan fingerprint density at radius 1 is 1.14 bits per heavy atom. The molecule has 7 nitrogen and oxygen atoms in total. The molecule has 0 radical (unpaired) electrons. The highest BCUT2D eigenvalue weighted by molar-refractivity contribution is 6.39. The van der Waals surface area contributed by atoms with Crippen molar-refractivity contribution in [3.8, 4) is 11.4 Å². The molecule has 0 saturated carbocycles. The summed E-state index contributed by atoms with van der Waals surface area (Å²) in [5, 5.41) is 2.80. The summed E-state index contributed by atoms with van der Waals surface area (Å²) in [5.74, 6) is -1.62. The normalized spacial score (nSPS) is 16.8. The van der Waals surface area contributed by atoms with Gasteiger partial charge in [0.05, 0.1) is 11.8 Å². The Labute approximate surface area is 161 Å². The molecule has 4 rings (SSSR count). The molecule has 150 valence electrons. The highest BCUT2D eigenvalue weighted by atomic mass is 19.4. The largest absolute Gasteiger partial charge is 0.417 e. The van der Waals surface area contributed by atoms with Crippen molar-refractivity contribution in [3.63, 3.8) is 0 Å². The molecule has 3 aromatic heterocycles. The van der Waals surface area contributed by atoms with Gasteiger partial charge in [0.2, 0.25) is 0 Å². The maximum absolute atomic E-state index is 14.2. The number of pyridine rings is 1. The molecule has 0 unspecified atom stereocenters. The maximum Gasteiger partial charge on any atom is 0.417 e. The van der Waals surface area contributed by atoms with Crippen LogP contribution in [0.25, 0.3) is 22.4 Å². The van der Waals surface area contributed by atoms with E-state index >= 15 is 0 Å². The first-order valence-corrected chi connectivity index (χ1v) is 8.76. The molecule has 0 aliphatic carbocycles. The second-order valence-corrected chi connectivity index (χ2v) is 6.46. The summed E-state index contributed by atoms with van der Waals surface area (Å²) in [7, 11) is 0. The second-order valence-electron chi connectivity index (χ2n) is 6.46. The van der Waals surface area contributed by atoms with Crippen molar-refractivity contribution in [2.24, 2.45) is 4.99 Å². The number of halogens is 4. The number of carbonyl (C=O) groups is 1. The number of nitrogens with zero attached hydrogens (tertiary/aromatic N) is 4. The first kappa shape index (κ1) is 19.0. The molecule has 1 amide bonds. The van der Waals surface area contributed by atoms with E-state index in [2.05, 4.69) is 30.2 Å². The summed E-state index contributed by atoms with van der Waals surface area (Å²) >= 11 is 0.